The Balaban J connectivity index is 0. The zero-order valence-electron chi connectivity index (χ0n) is 4.34. The maximum Gasteiger partial charge on any atom is 0.264 e. The van der Waals surface area contributed by atoms with Crippen molar-refractivity contribution in [1.29, 1.82) is 0 Å². The van der Waals surface area contributed by atoms with Gasteiger partial charge in [-0.1, -0.05) is 7.43 Å². The molecule has 0 aliphatic carbocycles. The first kappa shape index (κ1) is 10.8. The number of hydrogen-bond acceptors (Lipinski definition) is 3. The minimum atomic E-state index is -3.17. The highest BCUT2D eigenvalue weighted by Crippen LogP contribution is 1.81. The fourth-order valence-electron chi connectivity index (χ4n) is 0.214. The predicted molar refractivity (Wildman–Crippen MR) is 33.2 cm³/mol. The normalized spacial score (nSPS) is 10.2. The van der Waals surface area contributed by atoms with Crippen LogP contribution in [0.3, 0.4) is 0 Å². The van der Waals surface area contributed by atoms with E-state index in [4.69, 9.17) is 0 Å². The SMILES string of the molecule is C.CCOS(C)(=O)=O. The Hall–Kier alpha value is -0.0900. The van der Waals surface area contributed by atoms with E-state index in [-0.39, 0.29) is 14.0 Å². The molecule has 0 aromatic carbocycles. The van der Waals surface area contributed by atoms with Gasteiger partial charge in [0.15, 0.2) is 0 Å². The molecule has 0 atom stereocenters. The molecule has 0 fully saturated rings. The van der Waals surface area contributed by atoms with Gasteiger partial charge in [-0.15, -0.1) is 0 Å². The quantitative estimate of drug-likeness (QED) is 0.528. The van der Waals surface area contributed by atoms with Crippen molar-refractivity contribution in [2.75, 3.05) is 12.9 Å². The summed E-state index contributed by atoms with van der Waals surface area (Å²) < 4.78 is 24.2. The van der Waals surface area contributed by atoms with Crippen molar-refractivity contribution in [3.05, 3.63) is 0 Å². The van der Waals surface area contributed by atoms with E-state index in [1.807, 2.05) is 0 Å². The van der Waals surface area contributed by atoms with Crippen molar-refractivity contribution in [2.24, 2.45) is 0 Å². The molecule has 0 bridgehead atoms. The summed E-state index contributed by atoms with van der Waals surface area (Å²) in [4.78, 5) is 0. The second-order valence-electron chi connectivity index (χ2n) is 1.11. The summed E-state index contributed by atoms with van der Waals surface area (Å²) in [5.41, 5.74) is 0. The van der Waals surface area contributed by atoms with Crippen molar-refractivity contribution in [2.45, 2.75) is 14.4 Å². The molecule has 0 rings (SSSR count). The summed E-state index contributed by atoms with van der Waals surface area (Å²) in [5, 5.41) is 0. The predicted octanol–water partition coefficient (Wildman–Crippen LogP) is 0.619. The van der Waals surface area contributed by atoms with Gasteiger partial charge in [-0.25, -0.2) is 0 Å². The second kappa shape index (κ2) is 3.86. The fraction of sp³-hybridized carbons (Fsp3) is 1.00. The van der Waals surface area contributed by atoms with Crippen LogP contribution in [0.4, 0.5) is 0 Å². The first-order chi connectivity index (χ1) is 3.06. The minimum Gasteiger partial charge on any atom is -0.271 e. The summed E-state index contributed by atoms with van der Waals surface area (Å²) in [7, 11) is -3.17. The largest absolute Gasteiger partial charge is 0.271 e. The van der Waals surface area contributed by atoms with Crippen LogP contribution in [-0.2, 0) is 14.3 Å². The van der Waals surface area contributed by atoms with Crippen molar-refractivity contribution in [1.82, 2.24) is 0 Å². The van der Waals surface area contributed by atoms with E-state index in [0.29, 0.717) is 0 Å². The van der Waals surface area contributed by atoms with E-state index in [1.54, 1.807) is 6.92 Å². The Morgan fingerprint density at radius 1 is 1.50 bits per heavy atom. The van der Waals surface area contributed by atoms with Crippen molar-refractivity contribution >= 4 is 10.1 Å². The molecular weight excluding hydrogens is 128 g/mol. The monoisotopic (exact) mass is 140 g/mol. The first-order valence-corrected chi connectivity index (χ1v) is 3.72. The van der Waals surface area contributed by atoms with Crippen LogP contribution in [-0.4, -0.2) is 21.3 Å². The van der Waals surface area contributed by atoms with E-state index >= 15 is 0 Å². The third-order valence-electron chi connectivity index (χ3n) is 0.332. The third kappa shape index (κ3) is 9.32. The molecule has 3 nitrogen and oxygen atoms in total. The van der Waals surface area contributed by atoms with Gasteiger partial charge in [0.1, 0.15) is 0 Å². The van der Waals surface area contributed by atoms with E-state index in [1.165, 1.54) is 0 Å². The molecule has 0 heterocycles. The van der Waals surface area contributed by atoms with Crippen LogP contribution in [0, 0.1) is 0 Å². The van der Waals surface area contributed by atoms with Gasteiger partial charge in [0.25, 0.3) is 10.1 Å². The van der Waals surface area contributed by atoms with E-state index < -0.39 is 10.1 Å². The Kier molecular flexibility index (Phi) is 5.21. The van der Waals surface area contributed by atoms with Crippen molar-refractivity contribution in [3.63, 3.8) is 0 Å². The van der Waals surface area contributed by atoms with E-state index in [0.717, 1.165) is 6.26 Å². The molecule has 0 aliphatic rings. The number of rotatable bonds is 2. The lowest BCUT2D eigenvalue weighted by Crippen LogP contribution is -2.00. The Morgan fingerprint density at radius 3 is 1.88 bits per heavy atom. The molecule has 0 radical (unpaired) electrons. The fourth-order valence-corrected chi connectivity index (χ4v) is 0.642. The molecule has 0 spiro atoms. The maximum absolute atomic E-state index is 10.0. The van der Waals surface area contributed by atoms with Crippen molar-refractivity contribution in [3.8, 4) is 0 Å². The lowest BCUT2D eigenvalue weighted by atomic mass is 10.9. The number of hydrogen-bond donors (Lipinski definition) is 0. The van der Waals surface area contributed by atoms with E-state index in [9.17, 15) is 8.42 Å². The van der Waals surface area contributed by atoms with Gasteiger partial charge in [-0.3, -0.25) is 4.18 Å². The van der Waals surface area contributed by atoms with E-state index in [2.05, 4.69) is 4.18 Å². The van der Waals surface area contributed by atoms with Crippen molar-refractivity contribution < 1.29 is 12.6 Å². The highest BCUT2D eigenvalue weighted by molar-refractivity contribution is 7.85. The molecular formula is C4H12O3S. The molecule has 4 heteroatoms. The first-order valence-electron chi connectivity index (χ1n) is 1.90. The van der Waals surface area contributed by atoms with Gasteiger partial charge >= 0.3 is 0 Å². The second-order valence-corrected chi connectivity index (χ2v) is 2.75. The van der Waals surface area contributed by atoms with Gasteiger partial charge < -0.3 is 0 Å². The van der Waals surface area contributed by atoms with Gasteiger partial charge in [0.05, 0.1) is 12.9 Å². The van der Waals surface area contributed by atoms with Crippen LogP contribution in [0.5, 0.6) is 0 Å². The zero-order chi connectivity index (χ0) is 5.91. The van der Waals surface area contributed by atoms with Gasteiger partial charge in [-0.2, -0.15) is 8.42 Å². The van der Waals surface area contributed by atoms with Crippen LogP contribution in [0.1, 0.15) is 14.4 Å². The van der Waals surface area contributed by atoms with Crippen LogP contribution in [0.25, 0.3) is 0 Å². The lowest BCUT2D eigenvalue weighted by Gasteiger charge is -1.90. The summed E-state index contributed by atoms with van der Waals surface area (Å²) in [6.07, 6.45) is 1.02. The summed E-state index contributed by atoms with van der Waals surface area (Å²) in [6.45, 7) is 1.85. The average Bonchev–Trinajstić information content (AvgIpc) is 1.30. The highest BCUT2D eigenvalue weighted by Gasteiger charge is 1.94. The Morgan fingerprint density at radius 2 is 1.88 bits per heavy atom. The van der Waals surface area contributed by atoms with Gasteiger partial charge in [-0.05, 0) is 6.92 Å². The molecule has 0 saturated carbocycles. The minimum absolute atomic E-state index is 0. The molecule has 0 unspecified atom stereocenters. The highest BCUT2D eigenvalue weighted by atomic mass is 32.2. The Bertz CT molecular complexity index is 124. The van der Waals surface area contributed by atoms with Crippen LogP contribution >= 0.6 is 0 Å². The average molecular weight is 140 g/mol. The molecule has 0 N–H and O–H groups in total. The summed E-state index contributed by atoms with van der Waals surface area (Å²) in [5.74, 6) is 0. The van der Waals surface area contributed by atoms with Crippen LogP contribution in [0.15, 0.2) is 0 Å². The topological polar surface area (TPSA) is 43.4 Å². The standard InChI is InChI=1S/C3H8O3S.CH4/c1-3-6-7(2,4)5;/h3H2,1-2H3;1H4. The maximum atomic E-state index is 10.0. The smallest absolute Gasteiger partial charge is 0.264 e. The lowest BCUT2D eigenvalue weighted by molar-refractivity contribution is 0.342. The molecule has 0 amide bonds. The molecule has 52 valence electrons. The molecule has 0 saturated heterocycles. The molecule has 0 aromatic heterocycles. The molecule has 0 aromatic rings. The molecule has 0 aliphatic heterocycles. The summed E-state index contributed by atoms with van der Waals surface area (Å²) >= 11 is 0. The summed E-state index contributed by atoms with van der Waals surface area (Å²) in [6, 6.07) is 0. The van der Waals surface area contributed by atoms with Crippen LogP contribution in [0.2, 0.25) is 0 Å². The Labute approximate surface area is 50.8 Å². The van der Waals surface area contributed by atoms with Crippen LogP contribution < -0.4 is 0 Å². The molecule has 8 heavy (non-hydrogen) atoms. The van der Waals surface area contributed by atoms with Gasteiger partial charge in [0, 0.05) is 0 Å². The van der Waals surface area contributed by atoms with Gasteiger partial charge in [0.2, 0.25) is 0 Å². The zero-order valence-corrected chi connectivity index (χ0v) is 5.16. The third-order valence-corrected chi connectivity index (χ3v) is 0.996.